The van der Waals surface area contributed by atoms with Crippen LogP contribution in [0.2, 0.25) is 0 Å². The quantitative estimate of drug-likeness (QED) is 0.327. The zero-order valence-corrected chi connectivity index (χ0v) is 18.5. The highest BCUT2D eigenvalue weighted by Crippen LogP contribution is 2.66. The van der Waals surface area contributed by atoms with Crippen molar-refractivity contribution in [1.82, 2.24) is 0 Å². The van der Waals surface area contributed by atoms with Crippen LogP contribution in [0.4, 0.5) is 0 Å². The van der Waals surface area contributed by atoms with Crippen LogP contribution in [0.15, 0.2) is 35.1 Å². The van der Waals surface area contributed by atoms with Crippen LogP contribution in [0, 0.1) is 22.7 Å². The third kappa shape index (κ3) is 2.72. The van der Waals surface area contributed by atoms with Gasteiger partial charge in [0.2, 0.25) is 0 Å². The van der Waals surface area contributed by atoms with Crippen molar-refractivity contribution in [2.45, 2.75) is 91.8 Å². The van der Waals surface area contributed by atoms with Gasteiger partial charge in [0.1, 0.15) is 11.7 Å². The summed E-state index contributed by atoms with van der Waals surface area (Å²) < 4.78 is 12.2. The summed E-state index contributed by atoms with van der Waals surface area (Å²) in [6.07, 6.45) is 8.30. The lowest BCUT2D eigenvalue weighted by atomic mass is 9.45. The van der Waals surface area contributed by atoms with Gasteiger partial charge >= 0.3 is 5.97 Å². The van der Waals surface area contributed by atoms with Gasteiger partial charge in [0.25, 0.3) is 0 Å². The smallest absolute Gasteiger partial charge is 0.338 e. The number of allylic oxidation sites excluding steroid dienone is 1. The first-order chi connectivity index (χ1) is 13.0. The summed E-state index contributed by atoms with van der Waals surface area (Å²) in [6.45, 7) is 17.7. The number of hydrogen-bond donors (Lipinski definition) is 0. The molecule has 3 aliphatic carbocycles. The minimum Gasteiger partial charge on any atom is -0.493 e. The van der Waals surface area contributed by atoms with Crippen LogP contribution in [0.5, 0.6) is 0 Å². The Bertz CT molecular complexity index is 786. The summed E-state index contributed by atoms with van der Waals surface area (Å²) in [5.74, 6) is 0.550. The Hall–Kier alpha value is -1.51. The maximum atomic E-state index is 12.9. The summed E-state index contributed by atoms with van der Waals surface area (Å²) in [5.41, 5.74) is 4.35. The van der Waals surface area contributed by atoms with Crippen molar-refractivity contribution in [3.8, 4) is 0 Å². The Kier molecular flexibility index (Phi) is 4.41. The summed E-state index contributed by atoms with van der Waals surface area (Å²) in [7, 11) is 0. The molecule has 4 rings (SSSR count). The molecule has 0 aromatic carbocycles. The van der Waals surface area contributed by atoms with E-state index in [9.17, 15) is 4.79 Å². The number of carbonyl (C=O) groups excluding carboxylic acids is 1. The highest BCUT2D eigenvalue weighted by Gasteiger charge is 2.65. The van der Waals surface area contributed by atoms with Gasteiger partial charge in [-0.3, -0.25) is 0 Å². The number of hydrogen-bond acceptors (Lipinski definition) is 3. The largest absolute Gasteiger partial charge is 0.493 e. The van der Waals surface area contributed by atoms with Gasteiger partial charge in [0.05, 0.1) is 11.8 Å². The molecular weight excluding hydrogens is 348 g/mol. The average Bonchev–Trinajstić information content (AvgIpc) is 2.99. The van der Waals surface area contributed by atoms with E-state index in [1.165, 1.54) is 24.0 Å². The van der Waals surface area contributed by atoms with E-state index in [1.54, 1.807) is 6.26 Å². The lowest BCUT2D eigenvalue weighted by molar-refractivity contribution is -0.164. The van der Waals surface area contributed by atoms with Crippen LogP contribution in [0.25, 0.3) is 0 Å². The van der Waals surface area contributed by atoms with Crippen LogP contribution in [0.3, 0.4) is 0 Å². The van der Waals surface area contributed by atoms with Gasteiger partial charge in [-0.25, -0.2) is 4.79 Å². The maximum absolute atomic E-state index is 12.9. The Morgan fingerprint density at radius 1 is 1.14 bits per heavy atom. The second-order valence-corrected chi connectivity index (χ2v) is 10.9. The fourth-order valence-corrected chi connectivity index (χ4v) is 7.16. The van der Waals surface area contributed by atoms with Crippen LogP contribution in [-0.2, 0) is 14.3 Å². The minimum absolute atomic E-state index is 0.00496. The molecule has 28 heavy (non-hydrogen) atoms. The predicted molar refractivity (Wildman–Crippen MR) is 112 cm³/mol. The summed E-state index contributed by atoms with van der Waals surface area (Å²) in [4.78, 5) is 12.9. The number of fused-ring (bicyclic) bond motifs is 3. The van der Waals surface area contributed by atoms with Gasteiger partial charge in [0.15, 0.2) is 0 Å². The van der Waals surface area contributed by atoms with Crippen molar-refractivity contribution in [3.63, 3.8) is 0 Å². The van der Waals surface area contributed by atoms with E-state index in [1.807, 2.05) is 0 Å². The van der Waals surface area contributed by atoms with E-state index < -0.39 is 5.60 Å². The van der Waals surface area contributed by atoms with Crippen molar-refractivity contribution in [2.75, 3.05) is 0 Å². The van der Waals surface area contributed by atoms with Crippen molar-refractivity contribution >= 4 is 5.97 Å². The monoisotopic (exact) mass is 384 g/mol. The molecule has 0 aromatic heterocycles. The molecule has 4 aliphatic rings. The van der Waals surface area contributed by atoms with E-state index >= 15 is 0 Å². The normalized spacial score (nSPS) is 43.8. The second kappa shape index (κ2) is 6.24. The molecule has 2 saturated carbocycles. The van der Waals surface area contributed by atoms with Crippen molar-refractivity contribution < 1.29 is 14.3 Å². The van der Waals surface area contributed by atoms with Gasteiger partial charge in [-0.15, -0.1) is 0 Å². The Morgan fingerprint density at radius 2 is 1.86 bits per heavy atom. The molecule has 5 atom stereocenters. The Balaban J connectivity index is 1.68. The standard InChI is InChI=1S/C25H36O3/c1-15-13-19(17(3)16(15)2)27-14-18-21-24(6)11-8-10-23(4,5)20(24)9-12-25(21,7)28-22(18)26/h14,19-21H,1,8-13H2,2-7H3/b18-14+/t19?,20?,21-,24+,25-/m1/s1. The lowest BCUT2D eigenvalue weighted by Gasteiger charge is -2.59. The molecule has 2 unspecified atom stereocenters. The molecule has 3 fully saturated rings. The van der Waals surface area contributed by atoms with E-state index in [-0.39, 0.29) is 23.4 Å². The molecule has 3 nitrogen and oxygen atoms in total. The second-order valence-electron chi connectivity index (χ2n) is 10.9. The lowest BCUT2D eigenvalue weighted by Crippen LogP contribution is -2.56. The first-order valence-corrected chi connectivity index (χ1v) is 10.9. The SMILES string of the molecule is C=C1CC(O/C=C2/C(=O)O[C@]3(C)CCC4C(C)(C)CCC[C@]4(C)[C@@H]23)C(C)=C1C. The molecule has 1 heterocycles. The Morgan fingerprint density at radius 3 is 2.50 bits per heavy atom. The van der Waals surface area contributed by atoms with Crippen LogP contribution in [-0.4, -0.2) is 17.7 Å². The Labute approximate surface area is 170 Å². The average molecular weight is 385 g/mol. The summed E-state index contributed by atoms with van der Waals surface area (Å²) >= 11 is 0. The first-order valence-electron chi connectivity index (χ1n) is 10.9. The fraction of sp³-hybridized carbons (Fsp3) is 0.720. The van der Waals surface area contributed by atoms with Crippen LogP contribution in [0.1, 0.15) is 80.1 Å². The molecule has 0 aromatic rings. The van der Waals surface area contributed by atoms with Gasteiger partial charge in [-0.05, 0) is 79.9 Å². The minimum atomic E-state index is -0.398. The third-order valence-corrected chi connectivity index (χ3v) is 8.74. The molecule has 1 saturated heterocycles. The number of ether oxygens (including phenoxy) is 2. The number of esters is 1. The molecule has 1 aliphatic heterocycles. The molecule has 3 heteroatoms. The van der Waals surface area contributed by atoms with Crippen LogP contribution < -0.4 is 0 Å². The topological polar surface area (TPSA) is 35.5 Å². The first kappa shape index (κ1) is 19.8. The van der Waals surface area contributed by atoms with E-state index in [0.717, 1.165) is 36.8 Å². The third-order valence-electron chi connectivity index (χ3n) is 8.74. The highest BCUT2D eigenvalue weighted by molar-refractivity contribution is 5.92. The fourth-order valence-electron chi connectivity index (χ4n) is 7.16. The zero-order valence-electron chi connectivity index (χ0n) is 18.5. The molecule has 0 radical (unpaired) electrons. The van der Waals surface area contributed by atoms with Crippen LogP contribution >= 0.6 is 0 Å². The van der Waals surface area contributed by atoms with E-state index in [0.29, 0.717) is 11.3 Å². The van der Waals surface area contributed by atoms with Gasteiger partial charge in [-0.1, -0.05) is 33.8 Å². The van der Waals surface area contributed by atoms with Crippen molar-refractivity contribution in [1.29, 1.82) is 0 Å². The molecule has 0 spiro atoms. The predicted octanol–water partition coefficient (Wildman–Crippen LogP) is 6.11. The van der Waals surface area contributed by atoms with Gasteiger partial charge in [0, 0.05) is 12.3 Å². The number of carbonyl (C=O) groups is 1. The number of rotatable bonds is 2. The van der Waals surface area contributed by atoms with E-state index in [2.05, 4.69) is 48.1 Å². The van der Waals surface area contributed by atoms with Crippen molar-refractivity contribution in [2.24, 2.45) is 22.7 Å². The molecular formula is C25H36O3. The van der Waals surface area contributed by atoms with Gasteiger partial charge < -0.3 is 9.47 Å². The zero-order chi connectivity index (χ0) is 20.5. The summed E-state index contributed by atoms with van der Waals surface area (Å²) in [5, 5.41) is 0. The molecule has 0 N–H and O–H groups in total. The van der Waals surface area contributed by atoms with Gasteiger partial charge in [-0.2, -0.15) is 0 Å². The maximum Gasteiger partial charge on any atom is 0.338 e. The molecule has 0 amide bonds. The highest BCUT2D eigenvalue weighted by atomic mass is 16.6. The molecule has 0 bridgehead atoms. The summed E-state index contributed by atoms with van der Waals surface area (Å²) in [6, 6.07) is 0. The van der Waals surface area contributed by atoms with E-state index in [4.69, 9.17) is 9.47 Å². The van der Waals surface area contributed by atoms with Crippen molar-refractivity contribution in [3.05, 3.63) is 35.1 Å². The molecule has 154 valence electrons.